The maximum absolute atomic E-state index is 2.44. The molecule has 3 aliphatic carbocycles. The van der Waals surface area contributed by atoms with E-state index < -0.39 is 0 Å². The second kappa shape index (κ2) is 2.66. The maximum Gasteiger partial charge on any atom is -0.00127 e. The summed E-state index contributed by atoms with van der Waals surface area (Å²) in [5.74, 6) is 1.06. The first-order valence-electron chi connectivity index (χ1n) is 6.51. The third kappa shape index (κ3) is 0.979. The lowest BCUT2D eigenvalue weighted by molar-refractivity contribution is 0.650. The summed E-state index contributed by atoms with van der Waals surface area (Å²) >= 11 is 0. The van der Waals surface area contributed by atoms with E-state index in [0.717, 1.165) is 5.92 Å². The van der Waals surface area contributed by atoms with Gasteiger partial charge in [-0.05, 0) is 66.5 Å². The van der Waals surface area contributed by atoms with Crippen molar-refractivity contribution in [2.45, 2.75) is 50.4 Å². The monoisotopic (exact) mass is 198 g/mol. The molecule has 0 amide bonds. The van der Waals surface area contributed by atoms with E-state index in [4.69, 9.17) is 0 Å². The number of benzene rings is 1. The molecule has 4 rings (SSSR count). The van der Waals surface area contributed by atoms with E-state index in [1.165, 1.54) is 44.9 Å². The molecule has 0 saturated heterocycles. The van der Waals surface area contributed by atoms with Gasteiger partial charge in [-0.2, -0.15) is 0 Å². The molecule has 0 nitrogen and oxygen atoms in total. The normalized spacial score (nSPS) is 36.4. The Morgan fingerprint density at radius 1 is 1.13 bits per heavy atom. The molecule has 0 radical (unpaired) electrons. The van der Waals surface area contributed by atoms with Crippen molar-refractivity contribution in [2.75, 3.05) is 0 Å². The van der Waals surface area contributed by atoms with E-state index in [-0.39, 0.29) is 0 Å². The molecule has 2 fully saturated rings. The van der Waals surface area contributed by atoms with Crippen LogP contribution in [0.1, 0.15) is 48.8 Å². The van der Waals surface area contributed by atoms with Gasteiger partial charge < -0.3 is 0 Å². The largest absolute Gasteiger partial charge is 0.0617 e. The Hall–Kier alpha value is -0.780. The SMILES string of the molecule is c1cc2c(c(C34CCCC3C4)c1)CCC2. The molecule has 0 heteroatoms. The van der Waals surface area contributed by atoms with Crippen molar-refractivity contribution in [3.05, 3.63) is 34.9 Å². The summed E-state index contributed by atoms with van der Waals surface area (Å²) in [5.41, 5.74) is 5.86. The fraction of sp³-hybridized carbons (Fsp3) is 0.600. The summed E-state index contributed by atoms with van der Waals surface area (Å²) in [6.45, 7) is 0. The Morgan fingerprint density at radius 3 is 2.93 bits per heavy atom. The zero-order valence-corrected chi connectivity index (χ0v) is 9.26. The smallest absolute Gasteiger partial charge is 0.00127 e. The van der Waals surface area contributed by atoms with E-state index in [1.807, 2.05) is 0 Å². The van der Waals surface area contributed by atoms with Crippen LogP contribution in [0.5, 0.6) is 0 Å². The molecule has 0 aromatic heterocycles. The number of hydrogen-bond donors (Lipinski definition) is 0. The summed E-state index contributed by atoms with van der Waals surface area (Å²) in [7, 11) is 0. The Kier molecular flexibility index (Phi) is 1.49. The lowest BCUT2D eigenvalue weighted by Gasteiger charge is -2.17. The molecule has 2 saturated carbocycles. The van der Waals surface area contributed by atoms with Gasteiger partial charge in [-0.3, -0.25) is 0 Å². The standard InChI is InChI=1S/C15H18/c1-4-11-5-2-8-14(13(11)7-1)15-9-3-6-12(15)10-15/h2,5,8,12H,1,3-4,6-7,9-10H2. The van der Waals surface area contributed by atoms with Crippen LogP contribution in [0.25, 0.3) is 0 Å². The van der Waals surface area contributed by atoms with Crippen LogP contribution in [-0.4, -0.2) is 0 Å². The number of rotatable bonds is 1. The summed E-state index contributed by atoms with van der Waals surface area (Å²) in [5, 5.41) is 0. The van der Waals surface area contributed by atoms with Gasteiger partial charge in [0.2, 0.25) is 0 Å². The van der Waals surface area contributed by atoms with E-state index in [9.17, 15) is 0 Å². The van der Waals surface area contributed by atoms with Crippen molar-refractivity contribution in [2.24, 2.45) is 5.92 Å². The Morgan fingerprint density at radius 2 is 2.13 bits per heavy atom. The average Bonchev–Trinajstić information content (AvgIpc) is 2.70. The minimum atomic E-state index is 0.676. The molecule has 0 bridgehead atoms. The van der Waals surface area contributed by atoms with Crippen molar-refractivity contribution < 1.29 is 0 Å². The van der Waals surface area contributed by atoms with Crippen LogP contribution < -0.4 is 0 Å². The molecule has 2 atom stereocenters. The van der Waals surface area contributed by atoms with Gasteiger partial charge in [0.15, 0.2) is 0 Å². The van der Waals surface area contributed by atoms with Gasteiger partial charge in [-0.25, -0.2) is 0 Å². The molecule has 2 unspecified atom stereocenters. The fourth-order valence-electron chi connectivity index (χ4n) is 4.28. The van der Waals surface area contributed by atoms with Crippen LogP contribution in [-0.2, 0) is 18.3 Å². The maximum atomic E-state index is 2.44. The molecule has 0 N–H and O–H groups in total. The minimum absolute atomic E-state index is 0.676. The highest BCUT2D eigenvalue weighted by Gasteiger charge is 2.58. The Labute approximate surface area is 91.7 Å². The van der Waals surface area contributed by atoms with Crippen LogP contribution in [0.3, 0.4) is 0 Å². The van der Waals surface area contributed by atoms with Gasteiger partial charge in [0.25, 0.3) is 0 Å². The third-order valence-electron chi connectivity index (χ3n) is 5.09. The van der Waals surface area contributed by atoms with Crippen molar-refractivity contribution in [1.29, 1.82) is 0 Å². The molecule has 3 aliphatic rings. The van der Waals surface area contributed by atoms with E-state index >= 15 is 0 Å². The molecular formula is C15H18. The number of hydrogen-bond acceptors (Lipinski definition) is 0. The van der Waals surface area contributed by atoms with Gasteiger partial charge in [-0.15, -0.1) is 0 Å². The molecule has 78 valence electrons. The first-order valence-corrected chi connectivity index (χ1v) is 6.51. The third-order valence-corrected chi connectivity index (χ3v) is 5.09. The van der Waals surface area contributed by atoms with Crippen LogP contribution in [0.2, 0.25) is 0 Å². The summed E-state index contributed by atoms with van der Waals surface area (Å²) < 4.78 is 0. The van der Waals surface area contributed by atoms with Crippen molar-refractivity contribution in [1.82, 2.24) is 0 Å². The van der Waals surface area contributed by atoms with Gasteiger partial charge in [0.1, 0.15) is 0 Å². The number of aryl methyl sites for hydroxylation is 1. The molecule has 1 aromatic carbocycles. The predicted octanol–water partition coefficient (Wildman–Crippen LogP) is 3.62. The topological polar surface area (TPSA) is 0 Å². The van der Waals surface area contributed by atoms with E-state index in [0.29, 0.717) is 5.41 Å². The van der Waals surface area contributed by atoms with Crippen LogP contribution >= 0.6 is 0 Å². The molecule has 1 aromatic rings. The fourth-order valence-corrected chi connectivity index (χ4v) is 4.28. The van der Waals surface area contributed by atoms with Gasteiger partial charge >= 0.3 is 0 Å². The van der Waals surface area contributed by atoms with Crippen molar-refractivity contribution in [3.63, 3.8) is 0 Å². The zero-order chi connectivity index (χ0) is 9.88. The second-order valence-corrected chi connectivity index (χ2v) is 5.75. The Balaban J connectivity index is 1.86. The Bertz CT molecular complexity index is 418. The second-order valence-electron chi connectivity index (χ2n) is 5.75. The quantitative estimate of drug-likeness (QED) is 0.646. The zero-order valence-electron chi connectivity index (χ0n) is 9.26. The van der Waals surface area contributed by atoms with Crippen LogP contribution in [0.4, 0.5) is 0 Å². The van der Waals surface area contributed by atoms with Gasteiger partial charge in [-0.1, -0.05) is 24.6 Å². The van der Waals surface area contributed by atoms with E-state index in [1.54, 1.807) is 16.7 Å². The van der Waals surface area contributed by atoms with Crippen LogP contribution in [0, 0.1) is 5.92 Å². The van der Waals surface area contributed by atoms with Gasteiger partial charge in [0, 0.05) is 0 Å². The first-order chi connectivity index (χ1) is 7.40. The molecule has 0 aliphatic heterocycles. The molecule has 15 heavy (non-hydrogen) atoms. The van der Waals surface area contributed by atoms with Crippen molar-refractivity contribution in [3.8, 4) is 0 Å². The highest BCUT2D eigenvalue weighted by atomic mass is 14.6. The average molecular weight is 198 g/mol. The van der Waals surface area contributed by atoms with Crippen LogP contribution in [0.15, 0.2) is 18.2 Å². The number of fused-ring (bicyclic) bond motifs is 2. The van der Waals surface area contributed by atoms with E-state index in [2.05, 4.69) is 18.2 Å². The lowest BCUT2D eigenvalue weighted by Crippen LogP contribution is -2.08. The summed E-state index contributed by atoms with van der Waals surface area (Å²) in [4.78, 5) is 0. The predicted molar refractivity (Wildman–Crippen MR) is 62.1 cm³/mol. The minimum Gasteiger partial charge on any atom is -0.0617 e. The molecular weight excluding hydrogens is 180 g/mol. The van der Waals surface area contributed by atoms with Gasteiger partial charge in [0.05, 0.1) is 0 Å². The summed E-state index contributed by atoms with van der Waals surface area (Å²) in [6.07, 6.45) is 10.1. The lowest BCUT2D eigenvalue weighted by atomic mass is 9.87. The first kappa shape index (κ1) is 8.38. The molecule has 0 heterocycles. The highest BCUT2D eigenvalue weighted by molar-refractivity contribution is 5.47. The molecule has 0 spiro atoms. The summed E-state index contributed by atoms with van der Waals surface area (Å²) in [6, 6.07) is 7.10. The van der Waals surface area contributed by atoms with Crippen molar-refractivity contribution >= 4 is 0 Å². The highest BCUT2D eigenvalue weighted by Crippen LogP contribution is 2.65.